The van der Waals surface area contributed by atoms with E-state index in [9.17, 15) is 10.1 Å². The maximum Gasteiger partial charge on any atom is 0.271 e. The van der Waals surface area contributed by atoms with Gasteiger partial charge in [0.25, 0.3) is 5.69 Å². The predicted molar refractivity (Wildman–Crippen MR) is 179 cm³/mol. The number of fused-ring (bicyclic) bond motifs is 5. The second kappa shape index (κ2) is 10.4. The van der Waals surface area contributed by atoms with Crippen LogP contribution in [0.1, 0.15) is 22.3 Å². The SMILES string of the molecule is O=C1[C@H]2[C@H](C(=O)N1c1cc([N+](=O)[O-])ccc1Cl)[C@@]1(c3ccccc3)C(=O)[C@@]2(c2ccccc2)C(c2ccccc2)=C1c1ccccc1. The first-order chi connectivity index (χ1) is 22.8. The number of Topliss-reactive ketones (excluding diaryl/α,β-unsaturated/α-hetero) is 1. The molecule has 0 aromatic heterocycles. The second-order valence-electron chi connectivity index (χ2n) is 12.0. The Bertz CT molecular complexity index is 2030. The van der Waals surface area contributed by atoms with Crippen molar-refractivity contribution in [1.82, 2.24) is 0 Å². The number of benzene rings is 5. The van der Waals surface area contributed by atoms with Crippen molar-refractivity contribution in [2.24, 2.45) is 11.8 Å². The smallest absolute Gasteiger partial charge is 0.271 e. The number of nitrogens with zero attached hydrogens (tertiary/aromatic N) is 2. The third kappa shape index (κ3) is 3.66. The first-order valence-corrected chi connectivity index (χ1v) is 15.6. The number of non-ortho nitro benzene ring substituents is 1. The Morgan fingerprint density at radius 2 is 1.00 bits per heavy atom. The summed E-state index contributed by atoms with van der Waals surface area (Å²) in [7, 11) is 0. The third-order valence-corrected chi connectivity index (χ3v) is 10.3. The molecular formula is C39H25ClN2O5. The fourth-order valence-corrected chi connectivity index (χ4v) is 8.56. The standard InChI is InChI=1S/C39H25ClN2O5/c40-29-22-21-28(42(46)47)23-30(29)41-35(43)33-34(36(41)44)39(27-19-11-4-12-20-27)32(25-15-7-2-8-16-25)31(24-13-5-1-6-14-24)38(33,37(39)45)26-17-9-3-10-18-26/h1-23,33-34H/t33-,34-,38+,39+/m1/s1. The van der Waals surface area contributed by atoms with Crippen LogP contribution in [-0.4, -0.2) is 22.5 Å². The minimum atomic E-state index is -1.58. The summed E-state index contributed by atoms with van der Waals surface area (Å²) in [6, 6.07) is 41.1. The number of imide groups is 1. The van der Waals surface area contributed by atoms with Crippen LogP contribution in [0.2, 0.25) is 5.02 Å². The van der Waals surface area contributed by atoms with E-state index in [4.69, 9.17) is 11.6 Å². The number of hydrogen-bond donors (Lipinski definition) is 0. The molecule has 0 spiro atoms. The number of rotatable bonds is 6. The van der Waals surface area contributed by atoms with Gasteiger partial charge in [0.2, 0.25) is 11.8 Å². The summed E-state index contributed by atoms with van der Waals surface area (Å²) in [4.78, 5) is 58.1. The number of hydrogen-bond acceptors (Lipinski definition) is 5. The number of carbonyl (C=O) groups excluding carboxylic acids is 3. The summed E-state index contributed by atoms with van der Waals surface area (Å²) in [6.07, 6.45) is 0. The highest BCUT2D eigenvalue weighted by Gasteiger charge is 2.82. The Balaban J connectivity index is 1.54. The lowest BCUT2D eigenvalue weighted by Crippen LogP contribution is -2.45. The van der Waals surface area contributed by atoms with Gasteiger partial charge in [0.05, 0.1) is 38.3 Å². The van der Waals surface area contributed by atoms with Crippen LogP contribution in [0.4, 0.5) is 11.4 Å². The normalized spacial score (nSPS) is 24.6. The van der Waals surface area contributed by atoms with Gasteiger partial charge in [-0.15, -0.1) is 0 Å². The molecule has 5 aromatic rings. The van der Waals surface area contributed by atoms with E-state index in [0.717, 1.165) is 22.1 Å². The Labute approximate surface area is 274 Å². The molecule has 8 rings (SSSR count). The van der Waals surface area contributed by atoms with Crippen molar-refractivity contribution in [3.8, 4) is 0 Å². The Morgan fingerprint density at radius 1 is 0.596 bits per heavy atom. The van der Waals surface area contributed by atoms with Crippen LogP contribution in [0.5, 0.6) is 0 Å². The number of carbonyl (C=O) groups is 3. The lowest BCUT2D eigenvalue weighted by atomic mass is 9.59. The van der Waals surface area contributed by atoms with Gasteiger partial charge in [-0.25, -0.2) is 4.90 Å². The van der Waals surface area contributed by atoms with E-state index in [1.165, 1.54) is 12.1 Å². The highest BCUT2D eigenvalue weighted by molar-refractivity contribution is 6.41. The molecule has 1 heterocycles. The van der Waals surface area contributed by atoms with Gasteiger partial charge in [0.15, 0.2) is 5.78 Å². The van der Waals surface area contributed by atoms with Crippen molar-refractivity contribution in [3.05, 3.63) is 177 Å². The first kappa shape index (κ1) is 28.8. The number of nitro groups is 1. The first-order valence-electron chi connectivity index (χ1n) is 15.2. The molecule has 47 heavy (non-hydrogen) atoms. The molecule has 2 bridgehead atoms. The number of anilines is 1. The lowest BCUT2D eigenvalue weighted by Gasteiger charge is -2.39. The van der Waals surface area contributed by atoms with Crippen molar-refractivity contribution >= 4 is 51.7 Å². The zero-order valence-electron chi connectivity index (χ0n) is 24.7. The van der Waals surface area contributed by atoms with Crippen molar-refractivity contribution < 1.29 is 19.3 Å². The molecule has 0 unspecified atom stereocenters. The van der Waals surface area contributed by atoms with Gasteiger partial charge < -0.3 is 0 Å². The van der Waals surface area contributed by atoms with Crippen LogP contribution >= 0.6 is 11.6 Å². The van der Waals surface area contributed by atoms with Gasteiger partial charge in [-0.3, -0.25) is 24.5 Å². The predicted octanol–water partition coefficient (Wildman–Crippen LogP) is 7.44. The summed E-state index contributed by atoms with van der Waals surface area (Å²) in [6.45, 7) is 0. The van der Waals surface area contributed by atoms with Gasteiger partial charge in [-0.05, 0) is 39.5 Å². The lowest BCUT2D eigenvalue weighted by molar-refractivity contribution is -0.384. The van der Waals surface area contributed by atoms with E-state index in [-0.39, 0.29) is 22.2 Å². The number of allylic oxidation sites excluding steroid dienone is 2. The Kier molecular flexibility index (Phi) is 6.39. The van der Waals surface area contributed by atoms with Crippen LogP contribution in [-0.2, 0) is 25.2 Å². The van der Waals surface area contributed by atoms with Gasteiger partial charge in [0, 0.05) is 12.1 Å². The summed E-state index contributed by atoms with van der Waals surface area (Å²) >= 11 is 6.59. The van der Waals surface area contributed by atoms with E-state index in [2.05, 4.69) is 0 Å². The minimum Gasteiger partial charge on any atom is -0.297 e. The highest BCUT2D eigenvalue weighted by Crippen LogP contribution is 2.74. The fourth-order valence-electron chi connectivity index (χ4n) is 8.36. The van der Waals surface area contributed by atoms with Crippen LogP contribution < -0.4 is 4.90 Å². The maximum atomic E-state index is 15.9. The van der Waals surface area contributed by atoms with E-state index < -0.39 is 39.4 Å². The number of amides is 2. The summed E-state index contributed by atoms with van der Waals surface area (Å²) in [5.74, 6) is -3.83. The van der Waals surface area contributed by atoms with Gasteiger partial charge in [-0.1, -0.05) is 133 Å². The van der Waals surface area contributed by atoms with E-state index in [0.29, 0.717) is 22.3 Å². The quantitative estimate of drug-likeness (QED) is 0.110. The fraction of sp³-hybridized carbons (Fsp3) is 0.103. The molecule has 2 fully saturated rings. The van der Waals surface area contributed by atoms with Crippen molar-refractivity contribution in [2.75, 3.05) is 4.90 Å². The van der Waals surface area contributed by atoms with Crippen molar-refractivity contribution in [1.29, 1.82) is 0 Å². The van der Waals surface area contributed by atoms with E-state index in [1.54, 1.807) is 0 Å². The number of ketones is 1. The molecular weight excluding hydrogens is 612 g/mol. The monoisotopic (exact) mass is 636 g/mol. The highest BCUT2D eigenvalue weighted by atomic mass is 35.5. The van der Waals surface area contributed by atoms with Crippen molar-refractivity contribution in [2.45, 2.75) is 10.8 Å². The summed E-state index contributed by atoms with van der Waals surface area (Å²) in [5.41, 5.74) is 0.477. The molecule has 228 valence electrons. The van der Waals surface area contributed by atoms with Gasteiger partial charge in [-0.2, -0.15) is 0 Å². The van der Waals surface area contributed by atoms with Crippen LogP contribution in [0, 0.1) is 22.0 Å². The van der Waals surface area contributed by atoms with Gasteiger partial charge >= 0.3 is 0 Å². The Morgan fingerprint density at radius 3 is 1.40 bits per heavy atom. The van der Waals surface area contributed by atoms with Crippen molar-refractivity contribution in [3.63, 3.8) is 0 Å². The summed E-state index contributed by atoms with van der Waals surface area (Å²) in [5, 5.41) is 11.8. The molecule has 2 amide bonds. The number of nitro benzene ring substituents is 1. The molecule has 3 aliphatic rings. The molecule has 5 aromatic carbocycles. The molecule has 1 saturated carbocycles. The minimum absolute atomic E-state index is 0.0120. The Hall–Kier alpha value is -5.66. The van der Waals surface area contributed by atoms with Crippen LogP contribution in [0.25, 0.3) is 11.1 Å². The molecule has 0 N–H and O–H groups in total. The molecule has 8 heteroatoms. The average molecular weight is 637 g/mol. The zero-order chi connectivity index (χ0) is 32.5. The maximum absolute atomic E-state index is 15.9. The van der Waals surface area contributed by atoms with E-state index >= 15 is 14.4 Å². The van der Waals surface area contributed by atoms with E-state index in [1.807, 2.05) is 121 Å². The molecule has 4 atom stereocenters. The molecule has 1 saturated heterocycles. The van der Waals surface area contributed by atoms with Crippen LogP contribution in [0.15, 0.2) is 140 Å². The third-order valence-electron chi connectivity index (χ3n) is 9.96. The average Bonchev–Trinajstić information content (AvgIpc) is 3.62. The van der Waals surface area contributed by atoms with Gasteiger partial charge in [0.1, 0.15) is 0 Å². The topological polar surface area (TPSA) is 97.6 Å². The zero-order valence-corrected chi connectivity index (χ0v) is 25.5. The second-order valence-corrected chi connectivity index (χ2v) is 12.4. The molecule has 7 nitrogen and oxygen atoms in total. The molecule has 2 aliphatic carbocycles. The molecule has 1 aliphatic heterocycles. The molecule has 0 radical (unpaired) electrons. The van der Waals surface area contributed by atoms with Crippen LogP contribution in [0.3, 0.4) is 0 Å². The summed E-state index contributed by atoms with van der Waals surface area (Å²) < 4.78 is 0. The number of halogens is 1. The largest absolute Gasteiger partial charge is 0.297 e.